The van der Waals surface area contributed by atoms with Crippen LogP contribution in [0.4, 0.5) is 0 Å². The van der Waals surface area contributed by atoms with Gasteiger partial charge in [0.1, 0.15) is 4.90 Å². The van der Waals surface area contributed by atoms with Crippen LogP contribution in [0.15, 0.2) is 27.6 Å². The number of nitrogens with two attached hydrogens (primary N) is 1. The van der Waals surface area contributed by atoms with E-state index in [1.807, 2.05) is 6.92 Å². The summed E-state index contributed by atoms with van der Waals surface area (Å²) in [6, 6.07) is 4.85. The van der Waals surface area contributed by atoms with Gasteiger partial charge in [-0.25, -0.2) is 8.42 Å². The van der Waals surface area contributed by atoms with Crippen molar-refractivity contribution < 1.29 is 8.42 Å². The van der Waals surface area contributed by atoms with E-state index in [4.69, 9.17) is 17.3 Å². The lowest BCUT2D eigenvalue weighted by Crippen LogP contribution is -2.45. The average molecular weight is 382 g/mol. The zero-order valence-electron chi connectivity index (χ0n) is 11.2. The maximum atomic E-state index is 12.7. The molecule has 4 nitrogen and oxygen atoms in total. The van der Waals surface area contributed by atoms with Crippen LogP contribution in [0, 0.1) is 5.92 Å². The second-order valence-corrected chi connectivity index (χ2v) is 8.43. The summed E-state index contributed by atoms with van der Waals surface area (Å²) in [5.74, 6) is 0.199. The standard InChI is InChI=1S/C13H18BrClN2O2S/c1-9(16)10-3-2-6-17(8-10)20(18,19)13-7-11(14)4-5-12(13)15/h4-5,7,9-10H,2-3,6,8,16H2,1H3/t9-,10+/m0/s1. The first-order valence-electron chi connectivity index (χ1n) is 6.53. The van der Waals surface area contributed by atoms with Crippen molar-refractivity contribution in [3.05, 3.63) is 27.7 Å². The molecule has 0 spiro atoms. The fourth-order valence-electron chi connectivity index (χ4n) is 2.44. The highest BCUT2D eigenvalue weighted by molar-refractivity contribution is 9.10. The summed E-state index contributed by atoms with van der Waals surface area (Å²) in [7, 11) is -3.57. The summed E-state index contributed by atoms with van der Waals surface area (Å²) in [6.07, 6.45) is 1.80. The molecule has 7 heteroatoms. The molecule has 1 saturated heterocycles. The molecule has 0 radical (unpaired) electrons. The molecule has 1 aromatic rings. The second kappa shape index (κ2) is 6.32. The second-order valence-electron chi connectivity index (χ2n) is 5.20. The van der Waals surface area contributed by atoms with Crippen molar-refractivity contribution in [3.63, 3.8) is 0 Å². The van der Waals surface area contributed by atoms with Gasteiger partial charge in [0.2, 0.25) is 10.0 Å². The number of piperidine rings is 1. The van der Waals surface area contributed by atoms with E-state index < -0.39 is 10.0 Å². The monoisotopic (exact) mass is 380 g/mol. The van der Waals surface area contributed by atoms with E-state index in [1.165, 1.54) is 4.31 Å². The maximum Gasteiger partial charge on any atom is 0.244 e. The van der Waals surface area contributed by atoms with Crippen LogP contribution in [-0.4, -0.2) is 31.9 Å². The Kier molecular flexibility index (Phi) is 5.13. The molecule has 0 aromatic heterocycles. The number of benzene rings is 1. The number of nitrogens with zero attached hydrogens (tertiary/aromatic N) is 1. The molecule has 1 aliphatic heterocycles. The lowest BCUT2D eigenvalue weighted by molar-refractivity contribution is 0.243. The molecule has 2 rings (SSSR count). The highest BCUT2D eigenvalue weighted by Crippen LogP contribution is 2.30. The van der Waals surface area contributed by atoms with E-state index in [-0.39, 0.29) is 21.9 Å². The predicted molar refractivity (Wildman–Crippen MR) is 84.3 cm³/mol. The number of halogens is 2. The SMILES string of the molecule is C[C@H](N)[C@@H]1CCCN(S(=O)(=O)c2cc(Br)ccc2Cl)C1. The minimum atomic E-state index is -3.57. The van der Waals surface area contributed by atoms with Gasteiger partial charge in [-0.05, 0) is 43.9 Å². The van der Waals surface area contributed by atoms with Crippen LogP contribution in [-0.2, 0) is 10.0 Å². The molecule has 2 atom stereocenters. The van der Waals surface area contributed by atoms with Gasteiger partial charge in [0.05, 0.1) is 5.02 Å². The van der Waals surface area contributed by atoms with E-state index in [0.29, 0.717) is 17.6 Å². The topological polar surface area (TPSA) is 63.4 Å². The Morgan fingerprint density at radius 2 is 2.20 bits per heavy atom. The quantitative estimate of drug-likeness (QED) is 0.875. The van der Waals surface area contributed by atoms with E-state index in [2.05, 4.69) is 15.9 Å². The van der Waals surface area contributed by atoms with Crippen LogP contribution in [0.2, 0.25) is 5.02 Å². The van der Waals surface area contributed by atoms with Crippen LogP contribution in [0.3, 0.4) is 0 Å². The van der Waals surface area contributed by atoms with Crippen molar-refractivity contribution in [2.24, 2.45) is 11.7 Å². The van der Waals surface area contributed by atoms with Gasteiger partial charge in [-0.3, -0.25) is 0 Å². The van der Waals surface area contributed by atoms with Crippen molar-refractivity contribution in [2.45, 2.75) is 30.7 Å². The third-order valence-electron chi connectivity index (χ3n) is 3.68. The molecule has 1 aromatic carbocycles. The van der Waals surface area contributed by atoms with Gasteiger partial charge in [0.25, 0.3) is 0 Å². The van der Waals surface area contributed by atoms with Crippen LogP contribution >= 0.6 is 27.5 Å². The lowest BCUT2D eigenvalue weighted by atomic mass is 9.93. The molecule has 0 amide bonds. The van der Waals surface area contributed by atoms with Crippen LogP contribution in [0.1, 0.15) is 19.8 Å². The molecular weight excluding hydrogens is 364 g/mol. The van der Waals surface area contributed by atoms with Gasteiger partial charge in [-0.1, -0.05) is 27.5 Å². The van der Waals surface area contributed by atoms with Crippen LogP contribution in [0.5, 0.6) is 0 Å². The summed E-state index contributed by atoms with van der Waals surface area (Å²) in [4.78, 5) is 0.152. The Morgan fingerprint density at radius 1 is 1.50 bits per heavy atom. The van der Waals surface area contributed by atoms with Crippen molar-refractivity contribution in [1.29, 1.82) is 0 Å². The Morgan fingerprint density at radius 3 is 2.85 bits per heavy atom. The zero-order valence-corrected chi connectivity index (χ0v) is 14.4. The van der Waals surface area contributed by atoms with Crippen molar-refractivity contribution in [3.8, 4) is 0 Å². The minimum absolute atomic E-state index is 0.00835. The van der Waals surface area contributed by atoms with E-state index in [0.717, 1.165) is 12.8 Å². The predicted octanol–water partition coefficient (Wildman–Crippen LogP) is 2.85. The van der Waals surface area contributed by atoms with Gasteiger partial charge in [0.15, 0.2) is 0 Å². The minimum Gasteiger partial charge on any atom is -0.328 e. The van der Waals surface area contributed by atoms with Gasteiger partial charge in [-0.2, -0.15) is 4.31 Å². The largest absolute Gasteiger partial charge is 0.328 e. The molecule has 0 aliphatic carbocycles. The lowest BCUT2D eigenvalue weighted by Gasteiger charge is -2.33. The maximum absolute atomic E-state index is 12.7. The summed E-state index contributed by atoms with van der Waals surface area (Å²) in [6.45, 7) is 2.91. The molecule has 0 saturated carbocycles. The number of hydrogen-bond acceptors (Lipinski definition) is 3. The molecule has 112 valence electrons. The highest BCUT2D eigenvalue weighted by atomic mass is 79.9. The molecule has 0 unspecified atom stereocenters. The smallest absolute Gasteiger partial charge is 0.244 e. The third kappa shape index (κ3) is 3.36. The zero-order chi connectivity index (χ0) is 14.9. The molecule has 20 heavy (non-hydrogen) atoms. The Balaban J connectivity index is 2.32. The summed E-state index contributed by atoms with van der Waals surface area (Å²) in [5.41, 5.74) is 5.91. The van der Waals surface area contributed by atoms with E-state index >= 15 is 0 Å². The molecule has 0 bridgehead atoms. The first kappa shape index (κ1) is 16.2. The fourth-order valence-corrected chi connectivity index (χ4v) is 4.98. The third-order valence-corrected chi connectivity index (χ3v) is 6.52. The molecule has 2 N–H and O–H groups in total. The summed E-state index contributed by atoms with van der Waals surface area (Å²) in [5, 5.41) is 0.246. The molecular formula is C13H18BrClN2O2S. The first-order chi connectivity index (χ1) is 9.32. The first-order valence-corrected chi connectivity index (χ1v) is 9.14. The van der Waals surface area contributed by atoms with Gasteiger partial charge >= 0.3 is 0 Å². The summed E-state index contributed by atoms with van der Waals surface area (Å²) >= 11 is 9.33. The molecule has 1 heterocycles. The van der Waals surface area contributed by atoms with Gasteiger partial charge < -0.3 is 5.73 Å². The van der Waals surface area contributed by atoms with Gasteiger partial charge in [-0.15, -0.1) is 0 Å². The van der Waals surface area contributed by atoms with Gasteiger partial charge in [0, 0.05) is 23.6 Å². The number of sulfonamides is 1. The van der Waals surface area contributed by atoms with Crippen molar-refractivity contribution in [2.75, 3.05) is 13.1 Å². The van der Waals surface area contributed by atoms with E-state index in [1.54, 1.807) is 18.2 Å². The number of rotatable bonds is 3. The van der Waals surface area contributed by atoms with Crippen LogP contribution in [0.25, 0.3) is 0 Å². The normalized spacial score (nSPS) is 22.7. The average Bonchev–Trinajstić information content (AvgIpc) is 2.41. The van der Waals surface area contributed by atoms with Crippen LogP contribution < -0.4 is 5.73 Å². The number of hydrogen-bond donors (Lipinski definition) is 1. The Hall–Kier alpha value is -0.140. The molecule has 1 fully saturated rings. The highest BCUT2D eigenvalue weighted by Gasteiger charge is 2.32. The van der Waals surface area contributed by atoms with E-state index in [9.17, 15) is 8.42 Å². The fraction of sp³-hybridized carbons (Fsp3) is 0.538. The Bertz CT molecular complexity index is 592. The molecule has 1 aliphatic rings. The van der Waals surface area contributed by atoms with Crippen molar-refractivity contribution in [1.82, 2.24) is 4.31 Å². The summed E-state index contributed by atoms with van der Waals surface area (Å²) < 4.78 is 27.6. The van der Waals surface area contributed by atoms with Crippen molar-refractivity contribution >= 4 is 37.6 Å². The Labute approximate surface area is 133 Å².